The first kappa shape index (κ1) is 11.8. The molecular formula is C10H11ClFN5. The van der Waals surface area contributed by atoms with E-state index in [9.17, 15) is 4.39 Å². The first-order valence-corrected chi connectivity index (χ1v) is 5.31. The van der Waals surface area contributed by atoms with Gasteiger partial charge in [-0.1, -0.05) is 0 Å². The summed E-state index contributed by atoms with van der Waals surface area (Å²) in [5, 5.41) is 0.0214. The zero-order chi connectivity index (χ0) is 12.4. The molecule has 0 aliphatic rings. The second-order valence-electron chi connectivity index (χ2n) is 3.62. The van der Waals surface area contributed by atoms with E-state index in [-0.39, 0.29) is 11.1 Å². The number of aryl methyl sites for hydroxylation is 1. The maximum atomic E-state index is 13.5. The summed E-state index contributed by atoms with van der Waals surface area (Å²) in [7, 11) is 3.59. The Morgan fingerprint density at radius 3 is 2.88 bits per heavy atom. The van der Waals surface area contributed by atoms with Gasteiger partial charge in [0.1, 0.15) is 5.82 Å². The van der Waals surface area contributed by atoms with Crippen molar-refractivity contribution >= 4 is 17.4 Å². The predicted octanol–water partition coefficient (Wildman–Crippen LogP) is 1.64. The van der Waals surface area contributed by atoms with E-state index in [1.807, 2.05) is 17.8 Å². The summed E-state index contributed by atoms with van der Waals surface area (Å²) in [5.41, 5.74) is 0. The Morgan fingerprint density at radius 2 is 2.24 bits per heavy atom. The minimum absolute atomic E-state index is 0.0214. The van der Waals surface area contributed by atoms with Crippen molar-refractivity contribution in [2.24, 2.45) is 7.05 Å². The number of aromatic nitrogens is 4. The molecule has 0 aliphatic heterocycles. The topological polar surface area (TPSA) is 46.8 Å². The monoisotopic (exact) mass is 255 g/mol. The Hall–Kier alpha value is -1.69. The normalized spacial score (nSPS) is 10.6. The molecule has 0 saturated carbocycles. The van der Waals surface area contributed by atoms with Crippen LogP contribution in [-0.4, -0.2) is 26.6 Å². The third kappa shape index (κ3) is 2.52. The lowest BCUT2D eigenvalue weighted by molar-refractivity contribution is 0.604. The zero-order valence-electron chi connectivity index (χ0n) is 9.43. The minimum Gasteiger partial charge on any atom is -0.350 e. The molecule has 2 aromatic heterocycles. The highest BCUT2D eigenvalue weighted by Crippen LogP contribution is 2.17. The Kier molecular flexibility index (Phi) is 3.23. The summed E-state index contributed by atoms with van der Waals surface area (Å²) in [6.45, 7) is 0.438. The molecule has 17 heavy (non-hydrogen) atoms. The fourth-order valence-corrected chi connectivity index (χ4v) is 1.57. The average Bonchev–Trinajstić information content (AvgIpc) is 2.68. The Bertz CT molecular complexity index is 527. The van der Waals surface area contributed by atoms with Crippen molar-refractivity contribution in [3.8, 4) is 0 Å². The van der Waals surface area contributed by atoms with Gasteiger partial charge in [0.05, 0.1) is 12.7 Å². The highest BCUT2D eigenvalue weighted by molar-refractivity contribution is 6.28. The van der Waals surface area contributed by atoms with Crippen LogP contribution in [0.15, 0.2) is 18.6 Å². The SMILES string of the molecule is CN(Cc1nccn1C)c1nc(Cl)ncc1F. The van der Waals surface area contributed by atoms with E-state index >= 15 is 0 Å². The zero-order valence-corrected chi connectivity index (χ0v) is 10.2. The third-order valence-corrected chi connectivity index (χ3v) is 2.54. The smallest absolute Gasteiger partial charge is 0.224 e. The van der Waals surface area contributed by atoms with E-state index in [4.69, 9.17) is 11.6 Å². The molecule has 0 atom stereocenters. The maximum Gasteiger partial charge on any atom is 0.224 e. The first-order chi connectivity index (χ1) is 8.08. The van der Waals surface area contributed by atoms with Gasteiger partial charge < -0.3 is 9.47 Å². The first-order valence-electron chi connectivity index (χ1n) is 4.93. The van der Waals surface area contributed by atoms with Gasteiger partial charge in [-0.2, -0.15) is 4.98 Å². The number of anilines is 1. The van der Waals surface area contributed by atoms with Crippen LogP contribution in [0.5, 0.6) is 0 Å². The van der Waals surface area contributed by atoms with Gasteiger partial charge in [0, 0.05) is 26.5 Å². The van der Waals surface area contributed by atoms with Crippen LogP contribution in [0.3, 0.4) is 0 Å². The van der Waals surface area contributed by atoms with Crippen LogP contribution in [0, 0.1) is 5.82 Å². The van der Waals surface area contributed by atoms with Gasteiger partial charge >= 0.3 is 0 Å². The summed E-state index contributed by atoms with van der Waals surface area (Å²) in [6.07, 6.45) is 4.57. The Morgan fingerprint density at radius 1 is 1.47 bits per heavy atom. The number of nitrogens with zero attached hydrogens (tertiary/aromatic N) is 5. The number of hydrogen-bond donors (Lipinski definition) is 0. The van der Waals surface area contributed by atoms with Crippen molar-refractivity contribution in [1.29, 1.82) is 0 Å². The summed E-state index contributed by atoms with van der Waals surface area (Å²) >= 11 is 5.64. The lowest BCUT2D eigenvalue weighted by atomic mass is 10.4. The molecular weight excluding hydrogens is 245 g/mol. The fraction of sp³-hybridized carbons (Fsp3) is 0.300. The van der Waals surface area contributed by atoms with Crippen molar-refractivity contribution < 1.29 is 4.39 Å². The molecule has 0 fully saturated rings. The van der Waals surface area contributed by atoms with Crippen LogP contribution < -0.4 is 4.90 Å². The van der Waals surface area contributed by atoms with Gasteiger partial charge in [0.15, 0.2) is 11.6 Å². The molecule has 0 radical (unpaired) electrons. The second-order valence-corrected chi connectivity index (χ2v) is 3.96. The van der Waals surface area contributed by atoms with E-state index < -0.39 is 5.82 Å². The van der Waals surface area contributed by atoms with Gasteiger partial charge in [-0.3, -0.25) is 0 Å². The molecule has 0 spiro atoms. The summed E-state index contributed by atoms with van der Waals surface area (Å²) < 4.78 is 15.4. The van der Waals surface area contributed by atoms with Crippen molar-refractivity contribution in [2.45, 2.75) is 6.54 Å². The average molecular weight is 256 g/mol. The summed E-state index contributed by atoms with van der Waals surface area (Å²) in [6, 6.07) is 0. The van der Waals surface area contributed by atoms with Crippen molar-refractivity contribution in [3.05, 3.63) is 35.5 Å². The molecule has 0 saturated heterocycles. The highest BCUT2D eigenvalue weighted by atomic mass is 35.5. The molecule has 0 aliphatic carbocycles. The molecule has 2 aromatic rings. The molecule has 7 heteroatoms. The number of imidazole rings is 1. The highest BCUT2D eigenvalue weighted by Gasteiger charge is 2.13. The van der Waals surface area contributed by atoms with Crippen LogP contribution >= 0.6 is 11.6 Å². The van der Waals surface area contributed by atoms with Crippen LogP contribution in [0.25, 0.3) is 0 Å². The van der Waals surface area contributed by atoms with E-state index in [1.165, 1.54) is 0 Å². The molecule has 0 amide bonds. The molecule has 0 N–H and O–H groups in total. The van der Waals surface area contributed by atoms with Gasteiger partial charge in [0.25, 0.3) is 0 Å². The Balaban J connectivity index is 2.23. The van der Waals surface area contributed by atoms with E-state index in [0.717, 1.165) is 12.0 Å². The van der Waals surface area contributed by atoms with Crippen LogP contribution in [0.2, 0.25) is 5.28 Å². The predicted molar refractivity (Wildman–Crippen MR) is 62.3 cm³/mol. The number of rotatable bonds is 3. The quantitative estimate of drug-likeness (QED) is 0.783. The van der Waals surface area contributed by atoms with Crippen LogP contribution in [0.4, 0.5) is 10.2 Å². The van der Waals surface area contributed by atoms with Crippen LogP contribution in [0.1, 0.15) is 5.82 Å². The van der Waals surface area contributed by atoms with Crippen molar-refractivity contribution in [3.63, 3.8) is 0 Å². The van der Waals surface area contributed by atoms with E-state index in [2.05, 4.69) is 15.0 Å². The number of hydrogen-bond acceptors (Lipinski definition) is 4. The molecule has 5 nitrogen and oxygen atoms in total. The van der Waals surface area contributed by atoms with Crippen molar-refractivity contribution in [1.82, 2.24) is 19.5 Å². The molecule has 0 unspecified atom stereocenters. The number of halogens is 2. The lowest BCUT2D eigenvalue weighted by Crippen LogP contribution is -2.21. The molecule has 0 bridgehead atoms. The second kappa shape index (κ2) is 4.67. The largest absolute Gasteiger partial charge is 0.350 e. The third-order valence-electron chi connectivity index (χ3n) is 2.36. The minimum atomic E-state index is -0.508. The maximum absolute atomic E-state index is 13.5. The molecule has 90 valence electrons. The summed E-state index contributed by atoms with van der Waals surface area (Å²) in [5.74, 6) is 0.459. The summed E-state index contributed by atoms with van der Waals surface area (Å²) in [4.78, 5) is 13.2. The van der Waals surface area contributed by atoms with Crippen molar-refractivity contribution in [2.75, 3.05) is 11.9 Å². The van der Waals surface area contributed by atoms with Gasteiger partial charge in [0.2, 0.25) is 5.28 Å². The van der Waals surface area contributed by atoms with E-state index in [0.29, 0.717) is 6.54 Å². The molecule has 0 aromatic carbocycles. The molecule has 2 rings (SSSR count). The van der Waals surface area contributed by atoms with E-state index in [1.54, 1.807) is 18.1 Å². The lowest BCUT2D eigenvalue weighted by Gasteiger charge is -2.18. The van der Waals surface area contributed by atoms with Gasteiger partial charge in [-0.25, -0.2) is 14.4 Å². The molecule has 2 heterocycles. The Labute approximate surface area is 103 Å². The fourth-order valence-electron chi connectivity index (χ4n) is 1.44. The van der Waals surface area contributed by atoms with Crippen LogP contribution in [-0.2, 0) is 13.6 Å². The van der Waals surface area contributed by atoms with Gasteiger partial charge in [-0.05, 0) is 11.6 Å². The standard InChI is InChI=1S/C10H11ClFN5/c1-16-4-3-13-8(16)6-17(2)9-7(12)5-14-10(11)15-9/h3-5H,6H2,1-2H3. The van der Waals surface area contributed by atoms with Gasteiger partial charge in [-0.15, -0.1) is 0 Å².